The second-order valence-electron chi connectivity index (χ2n) is 8.02. The van der Waals surface area contributed by atoms with Gasteiger partial charge in [-0.3, -0.25) is 9.97 Å². The van der Waals surface area contributed by atoms with E-state index in [4.69, 9.17) is 4.98 Å². The Hall–Kier alpha value is -3.24. The van der Waals surface area contributed by atoms with Gasteiger partial charge in [0.1, 0.15) is 11.9 Å². The quantitative estimate of drug-likeness (QED) is 0.191. The summed E-state index contributed by atoms with van der Waals surface area (Å²) >= 11 is 0. The number of halogens is 2. The van der Waals surface area contributed by atoms with Crippen LogP contribution in [-0.2, 0) is 26.5 Å². The predicted octanol–water partition coefficient (Wildman–Crippen LogP) is 5.72. The molecule has 0 N–H and O–H groups in total. The number of nitrogens with zero attached hydrogens (tertiary/aromatic N) is 4. The van der Waals surface area contributed by atoms with Crippen molar-refractivity contribution in [2.75, 3.05) is 0 Å². The Bertz CT molecular complexity index is 1450. The fourth-order valence-corrected chi connectivity index (χ4v) is 3.75. The number of benzene rings is 1. The molecule has 5 rings (SSSR count). The Morgan fingerprint density at radius 2 is 1.48 bits per heavy atom. The number of fused-ring (bicyclic) bond motifs is 1. The molecule has 1 aromatic carbocycles. The van der Waals surface area contributed by atoms with E-state index in [1.54, 1.807) is 12.1 Å². The first-order chi connectivity index (χ1) is 15.4. The molecule has 0 spiro atoms. The molecule has 4 aromatic heterocycles. The van der Waals surface area contributed by atoms with Crippen molar-refractivity contribution >= 4 is 10.8 Å². The van der Waals surface area contributed by atoms with Crippen molar-refractivity contribution < 1.29 is 29.8 Å². The molecule has 5 aromatic rings. The zero-order chi connectivity index (χ0) is 22.3. The first-order valence-electron chi connectivity index (χ1n) is 10.1. The molecule has 0 saturated carbocycles. The second kappa shape index (κ2) is 8.95. The van der Waals surface area contributed by atoms with Crippen LogP contribution < -0.4 is 4.98 Å². The molecule has 0 saturated heterocycles. The molecule has 4 heterocycles. The van der Waals surface area contributed by atoms with E-state index in [-0.39, 0.29) is 26.6 Å². The van der Waals surface area contributed by atoms with Crippen LogP contribution in [-0.4, -0.2) is 15.0 Å². The Kier molecular flexibility index (Phi) is 6.22. The summed E-state index contributed by atoms with van der Waals surface area (Å²) in [7, 11) is 0. The fraction of sp³-hybridized carbons (Fsp3) is 0.115. The summed E-state index contributed by atoms with van der Waals surface area (Å²) in [6.07, 6.45) is 1.84. The summed E-state index contributed by atoms with van der Waals surface area (Å²) in [6, 6.07) is 22.7. The van der Waals surface area contributed by atoms with Crippen LogP contribution in [0.1, 0.15) is 25.2 Å². The molecule has 0 atom stereocenters. The summed E-state index contributed by atoms with van der Waals surface area (Å²) < 4.78 is 27.4. The van der Waals surface area contributed by atoms with E-state index in [9.17, 15) is 8.78 Å². The Labute approximate surface area is 204 Å². The molecule has 0 unspecified atom stereocenters. The van der Waals surface area contributed by atoms with Crippen molar-refractivity contribution in [3.63, 3.8) is 0 Å². The smallest absolute Gasteiger partial charge is 0.661 e. The summed E-state index contributed by atoms with van der Waals surface area (Å²) in [6.45, 7) is 4.01. The van der Waals surface area contributed by atoms with Gasteiger partial charge in [-0.25, -0.2) is 8.78 Å². The summed E-state index contributed by atoms with van der Waals surface area (Å²) in [5.41, 5.74) is 2.87. The Morgan fingerprint density at radius 3 is 2.21 bits per heavy atom. The molecule has 166 valence electrons. The third kappa shape index (κ3) is 4.23. The zero-order valence-electron chi connectivity index (χ0n) is 17.8. The van der Waals surface area contributed by atoms with Crippen LogP contribution in [0.25, 0.3) is 33.4 Å². The summed E-state index contributed by atoms with van der Waals surface area (Å²) in [5.74, 6) is -1.86. The van der Waals surface area contributed by atoms with E-state index in [1.165, 1.54) is 0 Å². The van der Waals surface area contributed by atoms with E-state index in [2.05, 4.69) is 21.0 Å². The average molecular weight is 620 g/mol. The molecule has 33 heavy (non-hydrogen) atoms. The van der Waals surface area contributed by atoms with Crippen LogP contribution in [0.3, 0.4) is 0 Å². The first kappa shape index (κ1) is 22.9. The molecule has 0 aliphatic carbocycles. The standard InChI is InChI=1S/C26H18F2N4.Pt/c1-26(2,21-11-5-9-19(30-21)18-13-14-23(27)32-25(18)28)22-12-6-10-20(31-22)24-17-8-4-3-7-16(17)15-29-24;/h3-12,14-15H,1-2H3;/q-2;+2. The van der Waals surface area contributed by atoms with Crippen molar-refractivity contribution in [2.24, 2.45) is 0 Å². The topological polar surface area (TPSA) is 52.8 Å². The van der Waals surface area contributed by atoms with Gasteiger partial charge in [-0.05, 0) is 48.5 Å². The molecule has 0 radical (unpaired) electrons. The SMILES string of the molecule is CC(C)(c1cccc(-c2[c-]cc(F)nc2F)n1)c1cccc(-c2[n-]cc3ccccc23)n1.[Pt+2]. The van der Waals surface area contributed by atoms with Crippen LogP contribution in [0, 0.1) is 18.0 Å². The van der Waals surface area contributed by atoms with E-state index in [0.29, 0.717) is 11.4 Å². The monoisotopic (exact) mass is 619 g/mol. The number of pyridine rings is 3. The van der Waals surface area contributed by atoms with Crippen LogP contribution in [0.15, 0.2) is 72.9 Å². The summed E-state index contributed by atoms with van der Waals surface area (Å²) in [4.78, 5) is 17.3. The fourth-order valence-electron chi connectivity index (χ4n) is 3.75. The zero-order valence-corrected chi connectivity index (χ0v) is 20.1. The molecule has 7 heteroatoms. The normalized spacial score (nSPS) is 11.4. The van der Waals surface area contributed by atoms with Gasteiger partial charge in [0.2, 0.25) is 0 Å². The molecule has 0 amide bonds. The maximum absolute atomic E-state index is 14.2. The van der Waals surface area contributed by atoms with Crippen molar-refractivity contribution in [1.82, 2.24) is 19.9 Å². The maximum atomic E-state index is 14.2. The van der Waals surface area contributed by atoms with Crippen molar-refractivity contribution in [3.8, 4) is 22.6 Å². The summed E-state index contributed by atoms with van der Waals surface area (Å²) in [5, 5.41) is 2.11. The third-order valence-corrected chi connectivity index (χ3v) is 5.57. The van der Waals surface area contributed by atoms with Crippen molar-refractivity contribution in [3.05, 3.63) is 102 Å². The Morgan fingerprint density at radius 1 is 0.818 bits per heavy atom. The predicted molar refractivity (Wildman–Crippen MR) is 119 cm³/mol. The van der Waals surface area contributed by atoms with E-state index >= 15 is 0 Å². The molecular weight excluding hydrogens is 601 g/mol. The van der Waals surface area contributed by atoms with E-state index < -0.39 is 17.3 Å². The Balaban J connectivity index is 0.00000259. The van der Waals surface area contributed by atoms with Crippen molar-refractivity contribution in [2.45, 2.75) is 19.3 Å². The molecule has 4 nitrogen and oxygen atoms in total. The van der Waals surface area contributed by atoms with Gasteiger partial charge in [0, 0.05) is 16.8 Å². The minimum Gasteiger partial charge on any atom is -0.661 e. The first-order valence-corrected chi connectivity index (χ1v) is 10.1. The number of hydrogen-bond donors (Lipinski definition) is 0. The maximum Gasteiger partial charge on any atom is 2.00 e. The average Bonchev–Trinajstić information content (AvgIpc) is 3.23. The molecule has 0 fully saturated rings. The van der Waals surface area contributed by atoms with Gasteiger partial charge in [0.05, 0.1) is 5.69 Å². The van der Waals surface area contributed by atoms with E-state index in [0.717, 1.165) is 33.9 Å². The molecule has 0 aliphatic heterocycles. The number of rotatable bonds is 4. The van der Waals surface area contributed by atoms with Gasteiger partial charge in [-0.15, -0.1) is 11.8 Å². The van der Waals surface area contributed by atoms with Crippen LogP contribution in [0.2, 0.25) is 0 Å². The van der Waals surface area contributed by atoms with Gasteiger partial charge < -0.3 is 9.97 Å². The van der Waals surface area contributed by atoms with Gasteiger partial charge in [-0.2, -0.15) is 6.20 Å². The third-order valence-electron chi connectivity index (χ3n) is 5.57. The minimum absolute atomic E-state index is 0. The minimum atomic E-state index is -0.943. The largest absolute Gasteiger partial charge is 2.00 e. The number of hydrogen-bond acceptors (Lipinski definition) is 3. The van der Waals surface area contributed by atoms with Crippen LogP contribution in [0.4, 0.5) is 8.78 Å². The van der Waals surface area contributed by atoms with Gasteiger partial charge in [0.25, 0.3) is 0 Å². The molecule has 0 aliphatic rings. The van der Waals surface area contributed by atoms with Gasteiger partial charge >= 0.3 is 21.1 Å². The van der Waals surface area contributed by atoms with Gasteiger partial charge in [-0.1, -0.05) is 54.1 Å². The molecule has 0 bridgehead atoms. The second-order valence-corrected chi connectivity index (χ2v) is 8.02. The van der Waals surface area contributed by atoms with E-state index in [1.807, 2.05) is 68.6 Å². The molecular formula is C26H18F2N4Pt. The number of aromatic nitrogens is 4. The van der Waals surface area contributed by atoms with Crippen LogP contribution >= 0.6 is 0 Å². The van der Waals surface area contributed by atoms with Crippen LogP contribution in [0.5, 0.6) is 0 Å². The van der Waals surface area contributed by atoms with Crippen molar-refractivity contribution in [1.29, 1.82) is 0 Å². The van der Waals surface area contributed by atoms with Gasteiger partial charge in [0.15, 0.2) is 0 Å².